The molecule has 2 aromatic heterocycles. The number of benzene rings is 1. The first-order chi connectivity index (χ1) is 12.7. The maximum atomic E-state index is 13.6. The smallest absolute Gasteiger partial charge is 0.268 e. The second kappa shape index (κ2) is 6.01. The number of aromatic nitrogens is 1. The number of hydrogen-bond donors (Lipinski definition) is 1. The number of halogens is 1. The summed E-state index contributed by atoms with van der Waals surface area (Å²) in [6.07, 6.45) is 6.49. The molecular formula is C21H21FN2O2. The minimum atomic E-state index is -0.279. The van der Waals surface area contributed by atoms with Crippen LogP contribution in [0.1, 0.15) is 41.7 Å². The fraction of sp³-hybridized carbons (Fsp3) is 0.381. The normalized spacial score (nSPS) is 24.4. The highest BCUT2D eigenvalue weighted by molar-refractivity contribution is 5.98. The lowest BCUT2D eigenvalue weighted by Gasteiger charge is -2.23. The largest absolute Gasteiger partial charge is 0.448 e. The van der Waals surface area contributed by atoms with E-state index in [1.54, 1.807) is 12.3 Å². The number of amides is 1. The lowest BCUT2D eigenvalue weighted by molar-refractivity contribution is 0.0914. The molecule has 1 N–H and O–H groups in total. The third-order valence-corrected chi connectivity index (χ3v) is 6.02. The van der Waals surface area contributed by atoms with Gasteiger partial charge in [-0.25, -0.2) is 4.39 Å². The molecule has 1 amide bonds. The minimum Gasteiger partial charge on any atom is -0.448 e. The summed E-state index contributed by atoms with van der Waals surface area (Å²) in [5, 5.41) is 4.13. The quantitative estimate of drug-likeness (QED) is 0.759. The Bertz CT molecular complexity index is 973. The van der Waals surface area contributed by atoms with E-state index in [0.717, 1.165) is 23.3 Å². The van der Waals surface area contributed by atoms with Crippen LogP contribution in [-0.4, -0.2) is 16.5 Å². The van der Waals surface area contributed by atoms with Crippen LogP contribution in [0.2, 0.25) is 0 Å². The number of carbonyl (C=O) groups is 1. The van der Waals surface area contributed by atoms with E-state index >= 15 is 0 Å². The van der Waals surface area contributed by atoms with E-state index in [0.29, 0.717) is 23.9 Å². The molecular weight excluding hydrogens is 331 g/mol. The Morgan fingerprint density at radius 3 is 2.92 bits per heavy atom. The first-order valence-corrected chi connectivity index (χ1v) is 9.29. The molecule has 2 aliphatic rings. The first-order valence-electron chi connectivity index (χ1n) is 9.29. The number of furan rings is 1. The second-order valence-corrected chi connectivity index (χ2v) is 7.68. The minimum absolute atomic E-state index is 0.0645. The summed E-state index contributed by atoms with van der Waals surface area (Å²) in [5.41, 5.74) is 2.02. The van der Waals surface area contributed by atoms with Crippen molar-refractivity contribution in [2.24, 2.45) is 11.8 Å². The van der Waals surface area contributed by atoms with Crippen molar-refractivity contribution < 1.29 is 13.6 Å². The van der Waals surface area contributed by atoms with Crippen LogP contribution in [0.5, 0.6) is 0 Å². The lowest BCUT2D eigenvalue weighted by Crippen LogP contribution is -2.39. The molecule has 2 saturated carbocycles. The van der Waals surface area contributed by atoms with Crippen LogP contribution < -0.4 is 5.32 Å². The zero-order chi connectivity index (χ0) is 17.7. The van der Waals surface area contributed by atoms with Gasteiger partial charge in [0.15, 0.2) is 0 Å². The molecule has 4 nitrogen and oxygen atoms in total. The van der Waals surface area contributed by atoms with Crippen LogP contribution in [0.4, 0.5) is 4.39 Å². The van der Waals surface area contributed by atoms with Gasteiger partial charge in [0.25, 0.3) is 5.91 Å². The summed E-state index contributed by atoms with van der Waals surface area (Å²) < 4.78 is 21.0. The fourth-order valence-electron chi connectivity index (χ4n) is 4.80. The van der Waals surface area contributed by atoms with Crippen molar-refractivity contribution >= 4 is 17.0 Å². The second-order valence-electron chi connectivity index (χ2n) is 7.68. The molecule has 0 radical (unpaired) electrons. The summed E-state index contributed by atoms with van der Waals surface area (Å²) in [4.78, 5) is 13.0. The zero-order valence-corrected chi connectivity index (χ0v) is 14.5. The third kappa shape index (κ3) is 2.62. The molecule has 0 aliphatic heterocycles. The predicted molar refractivity (Wildman–Crippen MR) is 96.4 cm³/mol. The Hall–Kier alpha value is -2.56. The van der Waals surface area contributed by atoms with Gasteiger partial charge in [0, 0.05) is 11.4 Å². The molecule has 5 heteroatoms. The molecule has 134 valence electrons. The summed E-state index contributed by atoms with van der Waals surface area (Å²) in [5.74, 6) is 1.06. The molecule has 2 fully saturated rings. The molecule has 26 heavy (non-hydrogen) atoms. The van der Waals surface area contributed by atoms with E-state index in [2.05, 4.69) is 5.32 Å². The maximum absolute atomic E-state index is 13.6. The van der Waals surface area contributed by atoms with Gasteiger partial charge >= 0.3 is 0 Å². The first kappa shape index (κ1) is 15.7. The Balaban J connectivity index is 1.45. The Morgan fingerprint density at radius 1 is 1.23 bits per heavy atom. The van der Waals surface area contributed by atoms with Gasteiger partial charge in [-0.05, 0) is 60.9 Å². The van der Waals surface area contributed by atoms with E-state index in [9.17, 15) is 9.18 Å². The van der Waals surface area contributed by atoms with Crippen molar-refractivity contribution in [1.82, 2.24) is 9.88 Å². The monoisotopic (exact) mass is 352 g/mol. The molecule has 2 aliphatic carbocycles. The van der Waals surface area contributed by atoms with E-state index in [-0.39, 0.29) is 17.8 Å². The van der Waals surface area contributed by atoms with Gasteiger partial charge in [0.1, 0.15) is 11.5 Å². The Kier molecular flexibility index (Phi) is 3.62. The van der Waals surface area contributed by atoms with Gasteiger partial charge < -0.3 is 14.3 Å². The van der Waals surface area contributed by atoms with Crippen molar-refractivity contribution in [3.8, 4) is 0 Å². The van der Waals surface area contributed by atoms with Crippen LogP contribution in [0.3, 0.4) is 0 Å². The topological polar surface area (TPSA) is 47.2 Å². The average molecular weight is 352 g/mol. The van der Waals surface area contributed by atoms with Gasteiger partial charge in [-0.3, -0.25) is 4.79 Å². The molecule has 2 bridgehead atoms. The van der Waals surface area contributed by atoms with E-state index < -0.39 is 0 Å². The van der Waals surface area contributed by atoms with Gasteiger partial charge in [-0.2, -0.15) is 0 Å². The van der Waals surface area contributed by atoms with Crippen LogP contribution in [0.25, 0.3) is 11.1 Å². The highest BCUT2D eigenvalue weighted by Gasteiger charge is 2.40. The van der Waals surface area contributed by atoms with Gasteiger partial charge in [-0.1, -0.05) is 18.6 Å². The predicted octanol–water partition coefficient (Wildman–Crippen LogP) is 4.34. The van der Waals surface area contributed by atoms with Gasteiger partial charge in [0.05, 0.1) is 12.8 Å². The highest BCUT2D eigenvalue weighted by atomic mass is 19.1. The van der Waals surface area contributed by atoms with Crippen LogP contribution in [0.15, 0.2) is 47.1 Å². The molecule has 1 aromatic carbocycles. The van der Waals surface area contributed by atoms with Crippen molar-refractivity contribution in [2.45, 2.75) is 38.3 Å². The summed E-state index contributed by atoms with van der Waals surface area (Å²) in [6, 6.07) is 10.5. The SMILES string of the molecule is O=C(N[C@@H]1C[C@H]2CC[C@@H]1C2)c1cc2ccoc2n1Cc1cccc(F)c1. The number of hydrogen-bond acceptors (Lipinski definition) is 2. The molecule has 5 rings (SSSR count). The van der Waals surface area contributed by atoms with Gasteiger partial charge in [-0.15, -0.1) is 0 Å². The molecule has 3 atom stereocenters. The maximum Gasteiger partial charge on any atom is 0.268 e. The van der Waals surface area contributed by atoms with Crippen molar-refractivity contribution in [3.05, 3.63) is 59.7 Å². The zero-order valence-electron chi connectivity index (χ0n) is 14.5. The molecule has 2 heterocycles. The van der Waals surface area contributed by atoms with E-state index in [4.69, 9.17) is 4.42 Å². The molecule has 0 spiro atoms. The number of carbonyl (C=O) groups excluding carboxylic acids is 1. The standard InChI is InChI=1S/C21H21FN2O2/c22-17-3-1-2-14(9-17)12-24-19(11-16-6-7-26-21(16)24)20(25)23-18-10-13-4-5-15(18)8-13/h1-3,6-7,9,11,13,15,18H,4-5,8,10,12H2,(H,23,25)/t13-,15+,18+/m0/s1. The van der Waals surface area contributed by atoms with Crippen molar-refractivity contribution in [1.29, 1.82) is 0 Å². The average Bonchev–Trinajstić information content (AvgIpc) is 3.37. The number of nitrogens with zero attached hydrogens (tertiary/aromatic N) is 1. The number of rotatable bonds is 4. The Labute approximate surface area is 151 Å². The summed E-state index contributed by atoms with van der Waals surface area (Å²) in [7, 11) is 0. The van der Waals surface area contributed by atoms with Crippen molar-refractivity contribution in [2.75, 3.05) is 0 Å². The van der Waals surface area contributed by atoms with Crippen LogP contribution in [-0.2, 0) is 6.54 Å². The fourth-order valence-corrected chi connectivity index (χ4v) is 4.80. The molecule has 0 saturated heterocycles. The van der Waals surface area contributed by atoms with Crippen LogP contribution >= 0.6 is 0 Å². The third-order valence-electron chi connectivity index (χ3n) is 6.02. The van der Waals surface area contributed by atoms with Crippen molar-refractivity contribution in [3.63, 3.8) is 0 Å². The lowest BCUT2D eigenvalue weighted by atomic mass is 9.95. The molecule has 0 unspecified atom stereocenters. The number of fused-ring (bicyclic) bond motifs is 3. The molecule has 3 aromatic rings. The highest BCUT2D eigenvalue weighted by Crippen LogP contribution is 2.44. The summed E-state index contributed by atoms with van der Waals surface area (Å²) in [6.45, 7) is 0.397. The number of nitrogens with one attached hydrogen (secondary N) is 1. The summed E-state index contributed by atoms with van der Waals surface area (Å²) >= 11 is 0. The Morgan fingerprint density at radius 2 is 2.15 bits per heavy atom. The van der Waals surface area contributed by atoms with Gasteiger partial charge in [0.2, 0.25) is 5.71 Å². The van der Waals surface area contributed by atoms with E-state index in [1.165, 1.54) is 31.4 Å². The van der Waals surface area contributed by atoms with E-state index in [1.807, 2.05) is 22.8 Å². The van der Waals surface area contributed by atoms with Crippen LogP contribution in [0, 0.1) is 17.7 Å².